The van der Waals surface area contributed by atoms with Gasteiger partial charge in [0, 0.05) is 12.0 Å². The van der Waals surface area contributed by atoms with Crippen LogP contribution in [0.2, 0.25) is 0 Å². The first kappa shape index (κ1) is 35.0. The predicted octanol–water partition coefficient (Wildman–Crippen LogP) is 8.03. The van der Waals surface area contributed by atoms with E-state index in [9.17, 15) is 21.6 Å². The van der Waals surface area contributed by atoms with E-state index in [2.05, 4.69) is 13.8 Å². The van der Waals surface area contributed by atoms with E-state index in [4.69, 9.17) is 4.74 Å². The molecular formula is C33H50O6S2. The Bertz CT molecular complexity index is 1160. The zero-order valence-electron chi connectivity index (χ0n) is 24.9. The highest BCUT2D eigenvalue weighted by molar-refractivity contribution is 7.73. The molecule has 8 heteroatoms. The lowest BCUT2D eigenvalue weighted by molar-refractivity contribution is -0.134. The topological polar surface area (TPSA) is 94.6 Å². The van der Waals surface area contributed by atoms with Crippen molar-refractivity contribution in [1.29, 1.82) is 0 Å². The SMILES string of the molecule is CCCCCCCCC(c1ccc(OC(=O)CCc2ccccc2)c(C(CCCCCCCC)[SH](=O)=O)c1)[SH](=O)=O. The highest BCUT2D eigenvalue weighted by atomic mass is 32.2. The van der Waals surface area contributed by atoms with Crippen LogP contribution in [0.25, 0.3) is 0 Å². The first-order valence-electron chi connectivity index (χ1n) is 15.5. The zero-order chi connectivity index (χ0) is 29.9. The molecule has 0 aliphatic carbocycles. The molecule has 2 atom stereocenters. The quantitative estimate of drug-likeness (QED) is 0.0610. The molecule has 2 aromatic rings. The van der Waals surface area contributed by atoms with Gasteiger partial charge in [0.15, 0.2) is 0 Å². The largest absolute Gasteiger partial charge is 0.426 e. The number of carbonyl (C=O) groups excluding carboxylic acids is 1. The summed E-state index contributed by atoms with van der Waals surface area (Å²) in [7, 11) is -5.61. The molecule has 0 aliphatic rings. The van der Waals surface area contributed by atoms with E-state index in [1.807, 2.05) is 30.3 Å². The fourth-order valence-corrected chi connectivity index (χ4v) is 6.82. The Balaban J connectivity index is 2.25. The molecule has 2 rings (SSSR count). The average Bonchev–Trinajstić information content (AvgIpc) is 2.96. The molecule has 0 amide bonds. The van der Waals surface area contributed by atoms with Crippen LogP contribution >= 0.6 is 0 Å². The minimum Gasteiger partial charge on any atom is -0.426 e. The second-order valence-corrected chi connectivity index (χ2v) is 13.4. The third-order valence-electron chi connectivity index (χ3n) is 7.63. The molecule has 2 aromatic carbocycles. The molecule has 0 aromatic heterocycles. The maximum atomic E-state index is 12.8. The monoisotopic (exact) mass is 606 g/mol. The number of rotatable bonds is 22. The fourth-order valence-electron chi connectivity index (χ4n) is 5.20. The van der Waals surface area contributed by atoms with Crippen LogP contribution in [0.15, 0.2) is 48.5 Å². The number of hydrogen-bond donors (Lipinski definition) is 2. The molecule has 6 nitrogen and oxygen atoms in total. The molecular weight excluding hydrogens is 556 g/mol. The average molecular weight is 607 g/mol. The van der Waals surface area contributed by atoms with Crippen LogP contribution in [-0.4, -0.2) is 22.8 Å². The number of unbranched alkanes of at least 4 members (excludes halogenated alkanes) is 10. The maximum Gasteiger partial charge on any atom is 0.311 e. The Labute approximate surface area is 251 Å². The standard InChI is InChI=1S/C33H50O6S2/c1-3-5-7-9-11-16-20-31(40(35)36)28-23-24-30(39-33(34)25-22-27-18-14-13-15-19-27)29(26-28)32(41(37)38)21-17-12-10-8-6-4-2/h13-15,18-19,23-24,26,31-32,40-41H,3-12,16-17,20-22,25H2,1-2H3. The van der Waals surface area contributed by atoms with Crippen LogP contribution < -0.4 is 4.74 Å². The van der Waals surface area contributed by atoms with Gasteiger partial charge in [-0.25, -0.2) is 16.8 Å². The van der Waals surface area contributed by atoms with Crippen molar-refractivity contribution in [3.8, 4) is 5.75 Å². The van der Waals surface area contributed by atoms with E-state index in [0.29, 0.717) is 30.4 Å². The summed E-state index contributed by atoms with van der Waals surface area (Å²) in [5.41, 5.74) is 1.98. The Morgan fingerprint density at radius 2 is 1.22 bits per heavy atom. The minimum absolute atomic E-state index is 0.157. The van der Waals surface area contributed by atoms with Gasteiger partial charge in [-0.3, -0.25) is 4.79 Å². The van der Waals surface area contributed by atoms with E-state index in [1.165, 1.54) is 6.42 Å². The summed E-state index contributed by atoms with van der Waals surface area (Å²) >= 11 is 0. The van der Waals surface area contributed by atoms with Crippen molar-refractivity contribution < 1.29 is 26.4 Å². The Morgan fingerprint density at radius 1 is 0.683 bits per heavy atom. The molecule has 0 spiro atoms. The van der Waals surface area contributed by atoms with Crippen LogP contribution in [0.4, 0.5) is 0 Å². The smallest absolute Gasteiger partial charge is 0.311 e. The lowest BCUT2D eigenvalue weighted by Crippen LogP contribution is -2.13. The van der Waals surface area contributed by atoms with E-state index < -0.39 is 37.9 Å². The number of esters is 1. The Hall–Kier alpha value is -2.19. The molecule has 0 heterocycles. The van der Waals surface area contributed by atoms with Gasteiger partial charge in [0.05, 0.1) is 10.5 Å². The van der Waals surface area contributed by atoms with Crippen molar-refractivity contribution in [1.82, 2.24) is 0 Å². The molecule has 0 bridgehead atoms. The first-order valence-corrected chi connectivity index (χ1v) is 18.0. The van der Waals surface area contributed by atoms with Crippen molar-refractivity contribution >= 4 is 27.4 Å². The number of ether oxygens (including phenoxy) is 1. The fraction of sp³-hybridized carbons (Fsp3) is 0.606. The minimum atomic E-state index is -2.86. The lowest BCUT2D eigenvalue weighted by Gasteiger charge is -2.19. The Morgan fingerprint density at radius 3 is 1.78 bits per heavy atom. The zero-order valence-corrected chi connectivity index (χ0v) is 26.7. The van der Waals surface area contributed by atoms with Gasteiger partial charge in [0.25, 0.3) is 0 Å². The third kappa shape index (κ3) is 13.6. The normalized spacial score (nSPS) is 13.0. The van der Waals surface area contributed by atoms with Gasteiger partial charge in [0.1, 0.15) is 27.2 Å². The summed E-state index contributed by atoms with van der Waals surface area (Å²) < 4.78 is 55.3. The molecule has 0 fully saturated rings. The highest BCUT2D eigenvalue weighted by Gasteiger charge is 2.24. The van der Waals surface area contributed by atoms with Gasteiger partial charge < -0.3 is 4.74 Å². The molecule has 0 radical (unpaired) electrons. The van der Waals surface area contributed by atoms with Crippen LogP contribution in [0.3, 0.4) is 0 Å². The van der Waals surface area contributed by atoms with Crippen molar-refractivity contribution in [2.24, 2.45) is 0 Å². The summed E-state index contributed by atoms with van der Waals surface area (Å²) in [5.74, 6) is -0.234. The summed E-state index contributed by atoms with van der Waals surface area (Å²) in [6.45, 7) is 4.32. The molecule has 41 heavy (non-hydrogen) atoms. The van der Waals surface area contributed by atoms with Gasteiger partial charge in [-0.2, -0.15) is 0 Å². The summed E-state index contributed by atoms with van der Waals surface area (Å²) in [5, 5.41) is -1.54. The number of carbonyl (C=O) groups is 1. The van der Waals surface area contributed by atoms with Crippen LogP contribution in [0, 0.1) is 0 Å². The first-order chi connectivity index (χ1) is 19.9. The van der Waals surface area contributed by atoms with Crippen LogP contribution in [-0.2, 0) is 32.6 Å². The highest BCUT2D eigenvalue weighted by Crippen LogP contribution is 2.36. The van der Waals surface area contributed by atoms with Gasteiger partial charge in [0.2, 0.25) is 0 Å². The van der Waals surface area contributed by atoms with Crippen molar-refractivity contribution in [3.05, 3.63) is 65.2 Å². The van der Waals surface area contributed by atoms with E-state index >= 15 is 0 Å². The molecule has 0 aliphatic heterocycles. The van der Waals surface area contributed by atoms with E-state index in [1.54, 1.807) is 18.2 Å². The lowest BCUT2D eigenvalue weighted by atomic mass is 9.98. The van der Waals surface area contributed by atoms with Crippen molar-refractivity contribution in [2.75, 3.05) is 0 Å². The van der Waals surface area contributed by atoms with Gasteiger partial charge in [-0.1, -0.05) is 127 Å². The van der Waals surface area contributed by atoms with Crippen molar-refractivity contribution in [3.63, 3.8) is 0 Å². The number of aryl methyl sites for hydroxylation is 1. The van der Waals surface area contributed by atoms with Crippen LogP contribution in [0.5, 0.6) is 5.75 Å². The second kappa shape index (κ2) is 20.6. The van der Waals surface area contributed by atoms with Gasteiger partial charge in [-0.15, -0.1) is 0 Å². The maximum absolute atomic E-state index is 12.8. The van der Waals surface area contributed by atoms with E-state index in [-0.39, 0.29) is 12.2 Å². The molecule has 0 N–H and O–H groups in total. The summed E-state index contributed by atoms with van der Waals surface area (Å²) in [6.07, 6.45) is 14.0. The molecule has 2 unspecified atom stereocenters. The van der Waals surface area contributed by atoms with Gasteiger partial charge in [-0.05, 0) is 42.5 Å². The predicted molar refractivity (Wildman–Crippen MR) is 169 cm³/mol. The van der Waals surface area contributed by atoms with Crippen LogP contribution in [0.1, 0.15) is 137 Å². The number of benzene rings is 2. The van der Waals surface area contributed by atoms with E-state index in [0.717, 1.165) is 76.2 Å². The van der Waals surface area contributed by atoms with Crippen molar-refractivity contribution in [2.45, 2.75) is 127 Å². The molecule has 230 valence electrons. The number of hydrogen-bond acceptors (Lipinski definition) is 6. The second-order valence-electron chi connectivity index (χ2n) is 11.0. The summed E-state index contributed by atoms with van der Waals surface area (Å²) in [4.78, 5) is 12.8. The Kier molecular flexibility index (Phi) is 17.6. The summed E-state index contributed by atoms with van der Waals surface area (Å²) in [6, 6.07) is 14.6. The third-order valence-corrected chi connectivity index (χ3v) is 9.74. The number of thiol groups is 2. The molecule has 0 saturated carbocycles. The van der Waals surface area contributed by atoms with Gasteiger partial charge >= 0.3 is 5.97 Å². The molecule has 0 saturated heterocycles.